The standard InChI is InChI=1S/C29H22Cl2N4O5/c30-20-12-10-18(11-13-20)24(40-29(38)19-8-6-17(7-9-19)16-4-2-1-3-5-16)25-22(36)23(37)28(39-25)35-15-34-21-26(31)32-14-33-27(21)35/h1-15,22-25,28,36-37H/t22-,23+,24?,25-,28+/m0/s1. The molecule has 0 radical (unpaired) electrons. The van der Waals surface area contributed by atoms with Gasteiger partial charge in [-0.05, 0) is 41.0 Å². The van der Waals surface area contributed by atoms with Gasteiger partial charge in [0.1, 0.15) is 30.2 Å². The molecule has 3 heterocycles. The normalized spacial score (nSPS) is 21.4. The number of carbonyl (C=O) groups is 1. The highest BCUT2D eigenvalue weighted by atomic mass is 35.5. The SMILES string of the molecule is O=C(OC(c1ccc(Cl)cc1)[C@H]1O[C@@H](n2cnc3c(Cl)ncnc32)[C@H](O)[C@@H]1O)c1ccc(-c2ccccc2)cc1. The van der Waals surface area contributed by atoms with Crippen LogP contribution in [0.1, 0.15) is 28.3 Å². The van der Waals surface area contributed by atoms with Crippen LogP contribution in [0.3, 0.4) is 0 Å². The molecule has 1 aliphatic heterocycles. The largest absolute Gasteiger partial charge is 0.451 e. The van der Waals surface area contributed by atoms with Crippen molar-refractivity contribution < 1.29 is 24.5 Å². The first-order valence-corrected chi connectivity index (χ1v) is 13.1. The molecule has 1 saturated heterocycles. The molecule has 11 heteroatoms. The molecule has 0 aliphatic carbocycles. The fourth-order valence-corrected chi connectivity index (χ4v) is 5.07. The zero-order chi connectivity index (χ0) is 27.8. The van der Waals surface area contributed by atoms with Gasteiger partial charge in [-0.3, -0.25) is 4.57 Å². The molecule has 1 fully saturated rings. The van der Waals surface area contributed by atoms with Crippen LogP contribution in [0.4, 0.5) is 0 Å². The van der Waals surface area contributed by atoms with Crippen molar-refractivity contribution in [2.45, 2.75) is 30.6 Å². The molecule has 0 bridgehead atoms. The number of fused-ring (bicyclic) bond motifs is 1. The molecule has 9 nitrogen and oxygen atoms in total. The first-order chi connectivity index (χ1) is 19.4. The van der Waals surface area contributed by atoms with E-state index in [1.54, 1.807) is 36.4 Å². The maximum absolute atomic E-state index is 13.3. The van der Waals surface area contributed by atoms with Crippen molar-refractivity contribution in [3.05, 3.63) is 113 Å². The van der Waals surface area contributed by atoms with E-state index >= 15 is 0 Å². The Morgan fingerprint density at radius 3 is 2.30 bits per heavy atom. The molecule has 2 N–H and O–H groups in total. The highest BCUT2D eigenvalue weighted by molar-refractivity contribution is 6.33. The highest BCUT2D eigenvalue weighted by Gasteiger charge is 2.49. The van der Waals surface area contributed by atoms with E-state index in [1.807, 2.05) is 42.5 Å². The lowest BCUT2D eigenvalue weighted by atomic mass is 9.98. The Balaban J connectivity index is 1.30. The van der Waals surface area contributed by atoms with Gasteiger partial charge in [0.25, 0.3) is 0 Å². The van der Waals surface area contributed by atoms with Gasteiger partial charge in [0.15, 0.2) is 23.1 Å². The Bertz CT molecular complexity index is 1650. The minimum atomic E-state index is -1.42. The third-order valence-corrected chi connectivity index (χ3v) is 7.35. The molecule has 202 valence electrons. The maximum Gasteiger partial charge on any atom is 0.338 e. The van der Waals surface area contributed by atoms with E-state index in [2.05, 4.69) is 15.0 Å². The molecule has 3 aromatic carbocycles. The molecular formula is C29H22Cl2N4O5. The van der Waals surface area contributed by atoms with Gasteiger partial charge in [0, 0.05) is 5.02 Å². The van der Waals surface area contributed by atoms with Crippen molar-refractivity contribution in [2.75, 3.05) is 0 Å². The lowest BCUT2D eigenvalue weighted by molar-refractivity contribution is -0.0917. The molecule has 2 aromatic heterocycles. The average molecular weight is 577 g/mol. The topological polar surface area (TPSA) is 120 Å². The Morgan fingerprint density at radius 1 is 0.875 bits per heavy atom. The number of aliphatic hydroxyl groups excluding tert-OH is 2. The zero-order valence-corrected chi connectivity index (χ0v) is 22.2. The van der Waals surface area contributed by atoms with E-state index in [-0.39, 0.29) is 5.15 Å². The summed E-state index contributed by atoms with van der Waals surface area (Å²) in [5.41, 5.74) is 3.44. The Hall–Kier alpha value is -3.86. The minimum absolute atomic E-state index is 0.139. The van der Waals surface area contributed by atoms with Gasteiger partial charge in [0.05, 0.1) is 11.9 Å². The summed E-state index contributed by atoms with van der Waals surface area (Å²) in [5, 5.41) is 22.7. The fraction of sp³-hybridized carbons (Fsp3) is 0.172. The van der Waals surface area contributed by atoms with Gasteiger partial charge >= 0.3 is 5.97 Å². The second kappa shape index (κ2) is 11.0. The molecule has 5 aromatic rings. The summed E-state index contributed by atoms with van der Waals surface area (Å²) in [4.78, 5) is 25.6. The summed E-state index contributed by atoms with van der Waals surface area (Å²) in [6.07, 6.45) is -3.46. The van der Waals surface area contributed by atoms with Crippen LogP contribution in [0.2, 0.25) is 10.2 Å². The fourth-order valence-electron chi connectivity index (χ4n) is 4.77. The van der Waals surface area contributed by atoms with Crippen LogP contribution in [0.5, 0.6) is 0 Å². The second-order valence-corrected chi connectivity index (χ2v) is 10.1. The molecule has 0 spiro atoms. The Morgan fingerprint density at radius 2 is 1.57 bits per heavy atom. The first kappa shape index (κ1) is 26.4. The summed E-state index contributed by atoms with van der Waals surface area (Å²) < 4.78 is 13.5. The molecule has 0 saturated carbocycles. The number of aliphatic hydroxyl groups is 2. The van der Waals surface area contributed by atoms with Crippen LogP contribution in [-0.4, -0.2) is 54.0 Å². The molecular weight excluding hydrogens is 555 g/mol. The third kappa shape index (κ3) is 4.94. The molecule has 1 unspecified atom stereocenters. The van der Waals surface area contributed by atoms with Crippen molar-refractivity contribution in [3.8, 4) is 11.1 Å². The van der Waals surface area contributed by atoms with E-state index in [4.69, 9.17) is 32.7 Å². The monoisotopic (exact) mass is 576 g/mol. The minimum Gasteiger partial charge on any atom is -0.451 e. The molecule has 6 rings (SSSR count). The number of nitrogens with zero attached hydrogens (tertiary/aromatic N) is 4. The van der Waals surface area contributed by atoms with Crippen molar-refractivity contribution in [3.63, 3.8) is 0 Å². The number of carbonyl (C=O) groups excluding carboxylic acids is 1. The summed E-state index contributed by atoms with van der Waals surface area (Å²) in [6.45, 7) is 0. The number of rotatable bonds is 6. The number of hydrogen-bond donors (Lipinski definition) is 2. The van der Waals surface area contributed by atoms with E-state index < -0.39 is 36.6 Å². The molecule has 1 aliphatic rings. The second-order valence-electron chi connectivity index (χ2n) is 9.28. The van der Waals surface area contributed by atoms with Gasteiger partial charge < -0.3 is 19.7 Å². The number of aromatic nitrogens is 4. The summed E-state index contributed by atoms with van der Waals surface area (Å²) >= 11 is 12.2. The molecule has 40 heavy (non-hydrogen) atoms. The number of esters is 1. The van der Waals surface area contributed by atoms with Crippen LogP contribution in [0.25, 0.3) is 22.3 Å². The smallest absolute Gasteiger partial charge is 0.338 e. The number of ether oxygens (including phenoxy) is 2. The van der Waals surface area contributed by atoms with Crippen molar-refractivity contribution >= 4 is 40.3 Å². The van der Waals surface area contributed by atoms with Crippen LogP contribution in [0, 0.1) is 0 Å². The lowest BCUT2D eigenvalue weighted by Crippen LogP contribution is -2.36. The summed E-state index contributed by atoms with van der Waals surface area (Å²) in [7, 11) is 0. The van der Waals surface area contributed by atoms with E-state index in [0.29, 0.717) is 27.3 Å². The van der Waals surface area contributed by atoms with Crippen molar-refractivity contribution in [1.82, 2.24) is 19.5 Å². The van der Waals surface area contributed by atoms with Crippen LogP contribution in [-0.2, 0) is 9.47 Å². The average Bonchev–Trinajstić information content (AvgIpc) is 3.54. The number of benzene rings is 3. The van der Waals surface area contributed by atoms with Gasteiger partial charge in [-0.1, -0.05) is 77.8 Å². The molecule has 0 amide bonds. The van der Waals surface area contributed by atoms with Crippen LogP contribution >= 0.6 is 23.2 Å². The maximum atomic E-state index is 13.3. The Kier molecular flexibility index (Phi) is 7.22. The first-order valence-electron chi connectivity index (χ1n) is 12.4. The van der Waals surface area contributed by atoms with Gasteiger partial charge in [-0.25, -0.2) is 19.7 Å². The molecule has 5 atom stereocenters. The Labute approximate surface area is 238 Å². The van der Waals surface area contributed by atoms with Gasteiger partial charge in [-0.2, -0.15) is 0 Å². The number of halogens is 2. The lowest BCUT2D eigenvalue weighted by Gasteiger charge is -2.26. The van der Waals surface area contributed by atoms with Gasteiger partial charge in [-0.15, -0.1) is 0 Å². The zero-order valence-electron chi connectivity index (χ0n) is 20.7. The predicted molar refractivity (Wildman–Crippen MR) is 148 cm³/mol. The van der Waals surface area contributed by atoms with Crippen LogP contribution < -0.4 is 0 Å². The summed E-state index contributed by atoms with van der Waals surface area (Å²) in [5.74, 6) is -0.624. The number of hydrogen-bond acceptors (Lipinski definition) is 8. The van der Waals surface area contributed by atoms with E-state index in [9.17, 15) is 15.0 Å². The van der Waals surface area contributed by atoms with E-state index in [1.165, 1.54) is 17.2 Å². The van der Waals surface area contributed by atoms with Crippen molar-refractivity contribution in [2.24, 2.45) is 0 Å². The summed E-state index contributed by atoms with van der Waals surface area (Å²) in [6, 6.07) is 23.4. The highest BCUT2D eigenvalue weighted by Crippen LogP contribution is 2.39. The third-order valence-electron chi connectivity index (χ3n) is 6.82. The number of imidazole rings is 1. The van der Waals surface area contributed by atoms with Crippen molar-refractivity contribution in [1.29, 1.82) is 0 Å². The van der Waals surface area contributed by atoms with E-state index in [0.717, 1.165) is 11.1 Å². The van der Waals surface area contributed by atoms with Crippen LogP contribution in [0.15, 0.2) is 91.5 Å². The quantitative estimate of drug-likeness (QED) is 0.213. The predicted octanol–water partition coefficient (Wildman–Crippen LogP) is 5.02. The van der Waals surface area contributed by atoms with Gasteiger partial charge in [0.2, 0.25) is 0 Å².